The van der Waals surface area contributed by atoms with Gasteiger partial charge in [0.15, 0.2) is 0 Å². The van der Waals surface area contributed by atoms with Crippen LogP contribution in [0.25, 0.3) is 5.57 Å². The van der Waals surface area contributed by atoms with Gasteiger partial charge in [-0.25, -0.2) is 0 Å². The first-order valence-electron chi connectivity index (χ1n) is 6.72. The van der Waals surface area contributed by atoms with E-state index >= 15 is 0 Å². The Morgan fingerprint density at radius 3 is 2.53 bits per heavy atom. The third-order valence-electron chi connectivity index (χ3n) is 3.51. The van der Waals surface area contributed by atoms with Crippen LogP contribution in [-0.4, -0.2) is 24.5 Å². The number of likely N-dealkylation sites (tertiary alicyclic amines) is 1. The molecule has 17 heavy (non-hydrogen) atoms. The molecule has 1 aliphatic heterocycles. The van der Waals surface area contributed by atoms with Crippen LogP contribution in [0, 0.1) is 5.92 Å². The minimum Gasteiger partial charge on any atom is -0.303 e. The van der Waals surface area contributed by atoms with E-state index in [0.717, 1.165) is 0 Å². The lowest BCUT2D eigenvalue weighted by Crippen LogP contribution is -2.24. The van der Waals surface area contributed by atoms with Gasteiger partial charge in [0.2, 0.25) is 0 Å². The molecule has 0 N–H and O–H groups in total. The Morgan fingerprint density at radius 1 is 1.24 bits per heavy atom. The summed E-state index contributed by atoms with van der Waals surface area (Å²) in [6.45, 7) is 8.34. The highest BCUT2D eigenvalue weighted by molar-refractivity contribution is 5.63. The molecule has 0 radical (unpaired) electrons. The highest BCUT2D eigenvalue weighted by Crippen LogP contribution is 2.17. The third kappa shape index (κ3) is 3.71. The second-order valence-electron chi connectivity index (χ2n) is 5.20. The average Bonchev–Trinajstić information content (AvgIpc) is 2.82. The number of benzene rings is 1. The van der Waals surface area contributed by atoms with Gasteiger partial charge in [0.1, 0.15) is 0 Å². The summed E-state index contributed by atoms with van der Waals surface area (Å²) in [6, 6.07) is 10.7. The standard InChI is InChI=1S/C16H23N/c1-14(13-17-10-6-7-11-17)12-15(2)16-8-4-3-5-9-16/h3-5,8-9,12,14H,6-7,10-11,13H2,1-2H3. The summed E-state index contributed by atoms with van der Waals surface area (Å²) >= 11 is 0. The molecule has 1 saturated heterocycles. The Labute approximate surface area is 105 Å². The molecular formula is C16H23N. The number of nitrogens with zero attached hydrogens (tertiary/aromatic N) is 1. The van der Waals surface area contributed by atoms with Gasteiger partial charge in [-0.3, -0.25) is 0 Å². The van der Waals surface area contributed by atoms with Crippen LogP contribution in [0.15, 0.2) is 36.4 Å². The van der Waals surface area contributed by atoms with Gasteiger partial charge in [-0.2, -0.15) is 0 Å². The van der Waals surface area contributed by atoms with Crippen molar-refractivity contribution in [1.82, 2.24) is 4.90 Å². The van der Waals surface area contributed by atoms with Crippen LogP contribution in [0.2, 0.25) is 0 Å². The van der Waals surface area contributed by atoms with E-state index in [1.54, 1.807) is 0 Å². The fourth-order valence-electron chi connectivity index (χ4n) is 2.65. The van der Waals surface area contributed by atoms with E-state index in [1.807, 2.05) is 0 Å². The summed E-state index contributed by atoms with van der Waals surface area (Å²) in [4.78, 5) is 2.58. The summed E-state index contributed by atoms with van der Waals surface area (Å²) < 4.78 is 0. The predicted octanol–water partition coefficient (Wildman–Crippen LogP) is 3.82. The van der Waals surface area contributed by atoms with Crippen molar-refractivity contribution in [1.29, 1.82) is 0 Å². The summed E-state index contributed by atoms with van der Waals surface area (Å²) in [7, 11) is 0. The van der Waals surface area contributed by atoms with Crippen molar-refractivity contribution in [3.63, 3.8) is 0 Å². The van der Waals surface area contributed by atoms with Gasteiger partial charge in [-0.05, 0) is 49.9 Å². The molecule has 0 spiro atoms. The molecule has 1 fully saturated rings. The maximum atomic E-state index is 2.58. The van der Waals surface area contributed by atoms with Crippen molar-refractivity contribution < 1.29 is 0 Å². The lowest BCUT2D eigenvalue weighted by atomic mass is 10.0. The van der Waals surface area contributed by atoms with Gasteiger partial charge >= 0.3 is 0 Å². The zero-order valence-corrected chi connectivity index (χ0v) is 11.0. The van der Waals surface area contributed by atoms with Crippen molar-refractivity contribution in [2.24, 2.45) is 5.92 Å². The molecule has 1 nitrogen and oxygen atoms in total. The predicted molar refractivity (Wildman–Crippen MR) is 74.9 cm³/mol. The van der Waals surface area contributed by atoms with Crippen molar-refractivity contribution in [3.8, 4) is 0 Å². The summed E-state index contributed by atoms with van der Waals surface area (Å²) in [5, 5.41) is 0. The molecule has 0 amide bonds. The van der Waals surface area contributed by atoms with E-state index in [2.05, 4.69) is 55.2 Å². The van der Waals surface area contributed by atoms with Crippen molar-refractivity contribution in [3.05, 3.63) is 42.0 Å². The van der Waals surface area contributed by atoms with Gasteiger partial charge in [0.25, 0.3) is 0 Å². The SMILES string of the molecule is CC(=CC(C)CN1CCCC1)c1ccccc1. The van der Waals surface area contributed by atoms with Gasteiger partial charge in [-0.15, -0.1) is 0 Å². The topological polar surface area (TPSA) is 3.24 Å². The number of hydrogen-bond donors (Lipinski definition) is 0. The van der Waals surface area contributed by atoms with Crippen LogP contribution in [-0.2, 0) is 0 Å². The Balaban J connectivity index is 1.93. The highest BCUT2D eigenvalue weighted by atomic mass is 15.1. The molecule has 1 heterocycles. The Morgan fingerprint density at radius 2 is 1.88 bits per heavy atom. The fraction of sp³-hybridized carbons (Fsp3) is 0.500. The Hall–Kier alpha value is -1.08. The Kier molecular flexibility index (Phi) is 4.38. The van der Waals surface area contributed by atoms with Crippen LogP contribution >= 0.6 is 0 Å². The van der Waals surface area contributed by atoms with Crippen LogP contribution in [0.3, 0.4) is 0 Å². The molecular weight excluding hydrogens is 206 g/mol. The highest BCUT2D eigenvalue weighted by Gasteiger charge is 2.13. The van der Waals surface area contributed by atoms with Gasteiger partial charge < -0.3 is 4.90 Å². The summed E-state index contributed by atoms with van der Waals surface area (Å²) in [5.74, 6) is 0.647. The first-order chi connectivity index (χ1) is 8.25. The van der Waals surface area contributed by atoms with E-state index in [0.29, 0.717) is 5.92 Å². The second kappa shape index (κ2) is 6.02. The molecule has 92 valence electrons. The van der Waals surface area contributed by atoms with Crippen LogP contribution in [0.4, 0.5) is 0 Å². The summed E-state index contributed by atoms with van der Waals surface area (Å²) in [5.41, 5.74) is 2.75. The molecule has 1 aromatic rings. The van der Waals surface area contributed by atoms with E-state index in [4.69, 9.17) is 0 Å². The maximum absolute atomic E-state index is 2.58. The molecule has 0 aromatic heterocycles. The first kappa shape index (κ1) is 12.4. The van der Waals surface area contributed by atoms with Crippen LogP contribution < -0.4 is 0 Å². The van der Waals surface area contributed by atoms with Gasteiger partial charge in [0.05, 0.1) is 0 Å². The molecule has 0 bridgehead atoms. The number of hydrogen-bond acceptors (Lipinski definition) is 1. The average molecular weight is 229 g/mol. The molecule has 1 unspecified atom stereocenters. The van der Waals surface area contributed by atoms with Crippen molar-refractivity contribution in [2.75, 3.05) is 19.6 Å². The van der Waals surface area contributed by atoms with E-state index < -0.39 is 0 Å². The molecule has 1 heteroatoms. The molecule has 2 rings (SSSR count). The number of rotatable bonds is 4. The smallest absolute Gasteiger partial charge is 0.00419 e. The quantitative estimate of drug-likeness (QED) is 0.758. The van der Waals surface area contributed by atoms with Crippen molar-refractivity contribution >= 4 is 5.57 Å². The zero-order chi connectivity index (χ0) is 12.1. The van der Waals surface area contributed by atoms with E-state index in [-0.39, 0.29) is 0 Å². The van der Waals surface area contributed by atoms with Crippen LogP contribution in [0.5, 0.6) is 0 Å². The van der Waals surface area contributed by atoms with E-state index in [9.17, 15) is 0 Å². The van der Waals surface area contributed by atoms with Crippen LogP contribution in [0.1, 0.15) is 32.3 Å². The molecule has 1 aromatic carbocycles. The fourth-order valence-corrected chi connectivity index (χ4v) is 2.65. The second-order valence-corrected chi connectivity index (χ2v) is 5.20. The Bertz CT molecular complexity index is 360. The lowest BCUT2D eigenvalue weighted by Gasteiger charge is -2.18. The van der Waals surface area contributed by atoms with E-state index in [1.165, 1.54) is 43.6 Å². The normalized spacial score (nSPS) is 19.5. The number of allylic oxidation sites excluding steroid dienone is 1. The molecule has 1 aliphatic rings. The lowest BCUT2D eigenvalue weighted by molar-refractivity contribution is 0.311. The first-order valence-corrected chi connectivity index (χ1v) is 6.72. The largest absolute Gasteiger partial charge is 0.303 e. The third-order valence-corrected chi connectivity index (χ3v) is 3.51. The molecule has 1 atom stereocenters. The molecule has 0 aliphatic carbocycles. The zero-order valence-electron chi connectivity index (χ0n) is 11.0. The maximum Gasteiger partial charge on any atom is 0.00419 e. The van der Waals surface area contributed by atoms with Gasteiger partial charge in [0, 0.05) is 6.54 Å². The minimum atomic E-state index is 0.647. The van der Waals surface area contributed by atoms with Gasteiger partial charge in [-0.1, -0.05) is 43.3 Å². The monoisotopic (exact) mass is 229 g/mol. The minimum absolute atomic E-state index is 0.647. The van der Waals surface area contributed by atoms with Crippen molar-refractivity contribution in [2.45, 2.75) is 26.7 Å². The summed E-state index contributed by atoms with van der Waals surface area (Å²) in [6.07, 6.45) is 5.18. The molecule has 0 saturated carbocycles.